The Morgan fingerprint density at radius 2 is 1.97 bits per heavy atom. The minimum atomic E-state index is 0.515. The number of halogens is 1. The van der Waals surface area contributed by atoms with Crippen molar-refractivity contribution < 1.29 is 14.2 Å². The van der Waals surface area contributed by atoms with Crippen LogP contribution >= 0.6 is 15.9 Å². The van der Waals surface area contributed by atoms with E-state index in [2.05, 4.69) is 51.3 Å². The molecule has 2 aromatic carbocycles. The predicted octanol–water partition coefficient (Wildman–Crippen LogP) is 4.16. The molecule has 158 valence electrons. The average Bonchev–Trinajstić information content (AvgIpc) is 2.74. The lowest BCUT2D eigenvalue weighted by Gasteiger charge is -2.26. The standard InChI is InChI=1S/C23H31BrN2O3/c1-18-6-3-4-7-20(18)17-29-23-21(24)14-19(15-22(23)27-2)16-25-8-5-9-26-10-12-28-13-11-26/h3-4,6-7,14-15,25H,5,8-13,16-17H2,1-2H3. The zero-order valence-electron chi connectivity index (χ0n) is 17.4. The van der Waals surface area contributed by atoms with Crippen LogP contribution in [0.4, 0.5) is 0 Å². The van der Waals surface area contributed by atoms with Crippen LogP contribution in [0.25, 0.3) is 0 Å². The number of morpholine rings is 1. The smallest absolute Gasteiger partial charge is 0.175 e. The van der Waals surface area contributed by atoms with Gasteiger partial charge in [0.1, 0.15) is 6.61 Å². The molecule has 0 aromatic heterocycles. The number of methoxy groups -OCH3 is 1. The molecule has 2 aromatic rings. The Morgan fingerprint density at radius 1 is 1.17 bits per heavy atom. The monoisotopic (exact) mass is 462 g/mol. The van der Waals surface area contributed by atoms with E-state index in [9.17, 15) is 0 Å². The van der Waals surface area contributed by atoms with E-state index in [1.807, 2.05) is 18.2 Å². The fraction of sp³-hybridized carbons (Fsp3) is 0.478. The molecule has 1 aliphatic rings. The largest absolute Gasteiger partial charge is 0.493 e. The molecule has 0 atom stereocenters. The van der Waals surface area contributed by atoms with Crippen LogP contribution < -0.4 is 14.8 Å². The molecule has 5 nitrogen and oxygen atoms in total. The van der Waals surface area contributed by atoms with Gasteiger partial charge in [0.15, 0.2) is 11.5 Å². The van der Waals surface area contributed by atoms with Crippen molar-refractivity contribution in [3.63, 3.8) is 0 Å². The number of benzene rings is 2. The van der Waals surface area contributed by atoms with Crippen molar-refractivity contribution in [2.75, 3.05) is 46.5 Å². The summed E-state index contributed by atoms with van der Waals surface area (Å²) < 4.78 is 18.0. The Labute approximate surface area is 182 Å². The Morgan fingerprint density at radius 3 is 2.72 bits per heavy atom. The lowest BCUT2D eigenvalue weighted by atomic mass is 10.1. The number of rotatable bonds is 10. The van der Waals surface area contributed by atoms with Crippen LogP contribution in [0.3, 0.4) is 0 Å². The molecule has 0 aliphatic carbocycles. The summed E-state index contributed by atoms with van der Waals surface area (Å²) >= 11 is 3.65. The van der Waals surface area contributed by atoms with E-state index in [0.29, 0.717) is 6.61 Å². The van der Waals surface area contributed by atoms with Gasteiger partial charge in [-0.2, -0.15) is 0 Å². The van der Waals surface area contributed by atoms with E-state index in [1.165, 1.54) is 16.7 Å². The number of nitrogens with one attached hydrogen (secondary N) is 1. The summed E-state index contributed by atoms with van der Waals surface area (Å²) in [4.78, 5) is 2.46. The molecule has 0 spiro atoms. The van der Waals surface area contributed by atoms with Crippen molar-refractivity contribution in [1.82, 2.24) is 10.2 Å². The average molecular weight is 463 g/mol. The first-order valence-corrected chi connectivity index (χ1v) is 11.0. The van der Waals surface area contributed by atoms with Crippen LogP contribution in [-0.2, 0) is 17.9 Å². The van der Waals surface area contributed by atoms with Gasteiger partial charge in [0.25, 0.3) is 0 Å². The summed E-state index contributed by atoms with van der Waals surface area (Å²) in [5.41, 5.74) is 3.57. The maximum absolute atomic E-state index is 6.08. The van der Waals surface area contributed by atoms with Crippen molar-refractivity contribution in [1.29, 1.82) is 0 Å². The fourth-order valence-corrected chi connectivity index (χ4v) is 4.03. The number of hydrogen-bond acceptors (Lipinski definition) is 5. The molecule has 1 fully saturated rings. The Balaban J connectivity index is 1.50. The van der Waals surface area contributed by atoms with Gasteiger partial charge in [-0.1, -0.05) is 24.3 Å². The molecule has 0 saturated carbocycles. The number of ether oxygens (including phenoxy) is 3. The van der Waals surface area contributed by atoms with Gasteiger partial charge < -0.3 is 19.5 Å². The van der Waals surface area contributed by atoms with Gasteiger partial charge >= 0.3 is 0 Å². The zero-order chi connectivity index (χ0) is 20.5. The van der Waals surface area contributed by atoms with Gasteiger partial charge in [0, 0.05) is 19.6 Å². The second-order valence-corrected chi connectivity index (χ2v) is 8.16. The van der Waals surface area contributed by atoms with Crippen LogP contribution in [-0.4, -0.2) is 51.4 Å². The molecule has 0 amide bonds. The first-order valence-electron chi connectivity index (χ1n) is 10.2. The predicted molar refractivity (Wildman–Crippen MR) is 120 cm³/mol. The molecule has 3 rings (SSSR count). The first kappa shape index (κ1) is 22.1. The highest BCUT2D eigenvalue weighted by Gasteiger charge is 2.13. The van der Waals surface area contributed by atoms with E-state index in [0.717, 1.165) is 68.3 Å². The van der Waals surface area contributed by atoms with Crippen molar-refractivity contribution in [2.24, 2.45) is 0 Å². The summed E-state index contributed by atoms with van der Waals surface area (Å²) in [5, 5.41) is 3.53. The minimum Gasteiger partial charge on any atom is -0.493 e. The molecule has 1 N–H and O–H groups in total. The van der Waals surface area contributed by atoms with Gasteiger partial charge in [-0.15, -0.1) is 0 Å². The van der Waals surface area contributed by atoms with Gasteiger partial charge in [0.2, 0.25) is 0 Å². The quantitative estimate of drug-likeness (QED) is 0.537. The highest BCUT2D eigenvalue weighted by atomic mass is 79.9. The number of aryl methyl sites for hydroxylation is 1. The lowest BCUT2D eigenvalue weighted by Crippen LogP contribution is -2.37. The maximum Gasteiger partial charge on any atom is 0.175 e. The molecule has 29 heavy (non-hydrogen) atoms. The summed E-state index contributed by atoms with van der Waals surface area (Å²) in [6, 6.07) is 12.4. The minimum absolute atomic E-state index is 0.515. The Bertz CT molecular complexity index is 779. The topological polar surface area (TPSA) is 43.0 Å². The van der Waals surface area contributed by atoms with E-state index in [-0.39, 0.29) is 0 Å². The fourth-order valence-electron chi connectivity index (χ4n) is 3.42. The zero-order valence-corrected chi connectivity index (χ0v) is 19.0. The van der Waals surface area contributed by atoms with Gasteiger partial charge in [0.05, 0.1) is 24.8 Å². The molecule has 0 bridgehead atoms. The first-order chi connectivity index (χ1) is 14.2. The Hall–Kier alpha value is -1.60. The second-order valence-electron chi connectivity index (χ2n) is 7.31. The van der Waals surface area contributed by atoms with E-state index in [4.69, 9.17) is 14.2 Å². The highest BCUT2D eigenvalue weighted by molar-refractivity contribution is 9.10. The van der Waals surface area contributed by atoms with Gasteiger partial charge in [-0.05, 0) is 71.2 Å². The summed E-state index contributed by atoms with van der Waals surface area (Å²) in [6.07, 6.45) is 1.13. The summed E-state index contributed by atoms with van der Waals surface area (Å²) in [7, 11) is 1.68. The van der Waals surface area contributed by atoms with Crippen LogP contribution in [0.15, 0.2) is 40.9 Å². The number of hydrogen-bond donors (Lipinski definition) is 1. The van der Waals surface area contributed by atoms with Crippen molar-refractivity contribution in [3.05, 3.63) is 57.6 Å². The van der Waals surface area contributed by atoms with Crippen LogP contribution in [0, 0.1) is 6.92 Å². The second kappa shape index (κ2) is 11.6. The third-order valence-electron chi connectivity index (χ3n) is 5.18. The van der Waals surface area contributed by atoms with Crippen molar-refractivity contribution in [3.8, 4) is 11.5 Å². The third-order valence-corrected chi connectivity index (χ3v) is 5.77. The maximum atomic E-state index is 6.08. The van der Waals surface area contributed by atoms with Crippen LogP contribution in [0.5, 0.6) is 11.5 Å². The normalized spacial score (nSPS) is 14.7. The van der Waals surface area contributed by atoms with E-state index in [1.54, 1.807) is 7.11 Å². The molecular weight excluding hydrogens is 432 g/mol. The highest BCUT2D eigenvalue weighted by Crippen LogP contribution is 2.37. The van der Waals surface area contributed by atoms with Crippen molar-refractivity contribution in [2.45, 2.75) is 26.5 Å². The van der Waals surface area contributed by atoms with Gasteiger partial charge in [-0.3, -0.25) is 4.90 Å². The molecule has 0 unspecified atom stereocenters. The molecular formula is C23H31BrN2O3. The van der Waals surface area contributed by atoms with Crippen LogP contribution in [0.2, 0.25) is 0 Å². The molecule has 1 aliphatic heterocycles. The summed E-state index contributed by atoms with van der Waals surface area (Å²) in [5.74, 6) is 1.49. The lowest BCUT2D eigenvalue weighted by molar-refractivity contribution is 0.0374. The number of nitrogens with zero attached hydrogens (tertiary/aromatic N) is 1. The SMILES string of the molecule is COc1cc(CNCCCN2CCOCC2)cc(Br)c1OCc1ccccc1C. The molecule has 6 heteroatoms. The molecule has 1 heterocycles. The van der Waals surface area contributed by atoms with Gasteiger partial charge in [-0.25, -0.2) is 0 Å². The van der Waals surface area contributed by atoms with E-state index >= 15 is 0 Å². The Kier molecular flexibility index (Phi) is 8.80. The molecule has 1 saturated heterocycles. The summed E-state index contributed by atoms with van der Waals surface area (Å²) in [6.45, 7) is 9.34. The van der Waals surface area contributed by atoms with E-state index < -0.39 is 0 Å². The molecule has 0 radical (unpaired) electrons. The third kappa shape index (κ3) is 6.71. The van der Waals surface area contributed by atoms with Crippen molar-refractivity contribution >= 4 is 15.9 Å². The van der Waals surface area contributed by atoms with Crippen LogP contribution in [0.1, 0.15) is 23.1 Å².